The van der Waals surface area contributed by atoms with Gasteiger partial charge in [0, 0.05) is 10.8 Å². The first kappa shape index (κ1) is 11.7. The number of carboxylic acid groups (broad SMARTS) is 1. The minimum absolute atomic E-state index is 0.319. The second-order valence-corrected chi connectivity index (χ2v) is 4.19. The highest BCUT2D eigenvalue weighted by atomic mass is 32.1. The van der Waals surface area contributed by atoms with Crippen molar-refractivity contribution in [3.05, 3.63) is 35.0 Å². The molecule has 1 aromatic heterocycles. The Balaban J connectivity index is 2.99. The summed E-state index contributed by atoms with van der Waals surface area (Å²) < 4.78 is 0. The predicted molar refractivity (Wildman–Crippen MR) is 59.1 cm³/mol. The Morgan fingerprint density at radius 2 is 2.27 bits per heavy atom. The maximum Gasteiger partial charge on any atom is 0.319 e. The fourth-order valence-electron chi connectivity index (χ4n) is 1.22. The fraction of sp³-hybridized carbons (Fsp3) is 0.273. The van der Waals surface area contributed by atoms with Crippen LogP contribution in [0.1, 0.15) is 17.7 Å². The Morgan fingerprint density at radius 1 is 1.60 bits per heavy atom. The molecule has 15 heavy (non-hydrogen) atoms. The second-order valence-electron chi connectivity index (χ2n) is 3.21. The highest BCUT2D eigenvalue weighted by Crippen LogP contribution is 2.25. The van der Waals surface area contributed by atoms with Crippen LogP contribution >= 0.6 is 11.3 Å². The molecule has 2 atom stereocenters. The van der Waals surface area contributed by atoms with E-state index in [1.165, 1.54) is 17.4 Å². The molecular formula is C11H12O3S. The van der Waals surface area contributed by atoms with E-state index in [2.05, 4.69) is 6.58 Å². The number of Topliss-reactive ketones (excluding diaryl/α,β-unsaturated/α-hetero) is 1. The molecule has 1 N–H and O–H groups in total. The van der Waals surface area contributed by atoms with Crippen LogP contribution in [0.25, 0.3) is 0 Å². The molecule has 1 rings (SSSR count). The number of thiophene rings is 1. The number of hydrogen-bond acceptors (Lipinski definition) is 3. The summed E-state index contributed by atoms with van der Waals surface area (Å²) in [5.74, 6) is -2.91. The summed E-state index contributed by atoms with van der Waals surface area (Å²) in [5, 5.41) is 10.8. The van der Waals surface area contributed by atoms with E-state index in [1.54, 1.807) is 24.4 Å². The Bertz CT molecular complexity index is 367. The van der Waals surface area contributed by atoms with Gasteiger partial charge in [-0.25, -0.2) is 0 Å². The van der Waals surface area contributed by atoms with Crippen LogP contribution in [-0.2, 0) is 9.59 Å². The Kier molecular flexibility index (Phi) is 3.80. The van der Waals surface area contributed by atoms with Crippen molar-refractivity contribution in [3.8, 4) is 0 Å². The van der Waals surface area contributed by atoms with Gasteiger partial charge < -0.3 is 5.11 Å². The van der Waals surface area contributed by atoms with E-state index in [0.717, 1.165) is 0 Å². The van der Waals surface area contributed by atoms with Crippen LogP contribution in [0, 0.1) is 5.92 Å². The van der Waals surface area contributed by atoms with E-state index < -0.39 is 17.8 Å². The third-order valence-electron chi connectivity index (χ3n) is 2.16. The van der Waals surface area contributed by atoms with Crippen molar-refractivity contribution in [2.75, 3.05) is 0 Å². The molecule has 0 bridgehead atoms. The monoisotopic (exact) mass is 224 g/mol. The molecule has 0 saturated heterocycles. The van der Waals surface area contributed by atoms with Crippen LogP contribution in [0.15, 0.2) is 30.2 Å². The van der Waals surface area contributed by atoms with Crippen LogP contribution < -0.4 is 0 Å². The van der Waals surface area contributed by atoms with Gasteiger partial charge in [0.15, 0.2) is 5.78 Å². The zero-order valence-electron chi connectivity index (χ0n) is 8.34. The van der Waals surface area contributed by atoms with Crippen molar-refractivity contribution in [1.29, 1.82) is 0 Å². The standard InChI is InChI=1S/C11H12O3S/c1-3-7(2)10(12)9(11(13)14)8-5-4-6-15-8/h3-7,9H,1H2,2H3,(H,13,14). The minimum Gasteiger partial charge on any atom is -0.480 e. The summed E-state index contributed by atoms with van der Waals surface area (Å²) in [6.07, 6.45) is 1.46. The van der Waals surface area contributed by atoms with Crippen LogP contribution in [-0.4, -0.2) is 16.9 Å². The van der Waals surface area contributed by atoms with Crippen LogP contribution in [0.2, 0.25) is 0 Å². The Morgan fingerprint density at radius 3 is 2.67 bits per heavy atom. The zero-order valence-corrected chi connectivity index (χ0v) is 9.16. The molecule has 0 aliphatic rings. The van der Waals surface area contributed by atoms with Crippen molar-refractivity contribution in [2.45, 2.75) is 12.8 Å². The van der Waals surface area contributed by atoms with Crippen molar-refractivity contribution in [3.63, 3.8) is 0 Å². The minimum atomic E-state index is -1.10. The quantitative estimate of drug-likeness (QED) is 0.616. The molecule has 0 aliphatic heterocycles. The largest absolute Gasteiger partial charge is 0.480 e. The fourth-order valence-corrected chi connectivity index (χ4v) is 2.04. The highest BCUT2D eigenvalue weighted by Gasteiger charge is 2.31. The first-order chi connectivity index (χ1) is 7.07. The lowest BCUT2D eigenvalue weighted by molar-refractivity contribution is -0.143. The number of allylic oxidation sites excluding steroid dienone is 1. The summed E-state index contributed by atoms with van der Waals surface area (Å²) >= 11 is 1.28. The zero-order chi connectivity index (χ0) is 11.4. The number of hydrogen-bond donors (Lipinski definition) is 1. The maximum atomic E-state index is 11.8. The van der Waals surface area contributed by atoms with Crippen LogP contribution in [0.5, 0.6) is 0 Å². The first-order valence-corrected chi connectivity index (χ1v) is 5.38. The first-order valence-electron chi connectivity index (χ1n) is 4.50. The summed E-state index contributed by atoms with van der Waals surface area (Å²) in [7, 11) is 0. The number of aliphatic carboxylic acids is 1. The number of carbonyl (C=O) groups is 2. The molecule has 0 fully saturated rings. The summed E-state index contributed by atoms with van der Waals surface area (Å²) in [6, 6.07) is 3.40. The molecule has 0 aromatic carbocycles. The van der Waals surface area contributed by atoms with Gasteiger partial charge in [0.1, 0.15) is 5.92 Å². The lowest BCUT2D eigenvalue weighted by Gasteiger charge is -2.12. The lowest BCUT2D eigenvalue weighted by atomic mass is 9.93. The van der Waals surface area contributed by atoms with E-state index in [-0.39, 0.29) is 5.78 Å². The molecule has 2 unspecified atom stereocenters. The van der Waals surface area contributed by atoms with Gasteiger partial charge in [0.25, 0.3) is 0 Å². The molecule has 1 aromatic rings. The van der Waals surface area contributed by atoms with Crippen LogP contribution in [0.4, 0.5) is 0 Å². The van der Waals surface area contributed by atoms with E-state index in [0.29, 0.717) is 4.88 Å². The maximum absolute atomic E-state index is 11.8. The normalized spacial score (nSPS) is 14.2. The van der Waals surface area contributed by atoms with Gasteiger partial charge in [-0.05, 0) is 11.4 Å². The van der Waals surface area contributed by atoms with Gasteiger partial charge in [0.2, 0.25) is 0 Å². The molecule has 0 radical (unpaired) electrons. The molecule has 80 valence electrons. The topological polar surface area (TPSA) is 54.4 Å². The smallest absolute Gasteiger partial charge is 0.319 e. The number of carboxylic acids is 1. The van der Waals surface area contributed by atoms with Gasteiger partial charge in [-0.1, -0.05) is 19.1 Å². The number of rotatable bonds is 5. The molecule has 0 amide bonds. The number of carbonyl (C=O) groups excluding carboxylic acids is 1. The van der Waals surface area contributed by atoms with Gasteiger partial charge in [-0.15, -0.1) is 17.9 Å². The van der Waals surface area contributed by atoms with Crippen molar-refractivity contribution in [2.24, 2.45) is 5.92 Å². The van der Waals surface area contributed by atoms with Gasteiger partial charge in [-0.3, -0.25) is 9.59 Å². The third kappa shape index (κ3) is 2.53. The number of ketones is 1. The molecule has 0 aliphatic carbocycles. The predicted octanol–water partition coefficient (Wildman–Crippen LogP) is 2.31. The average molecular weight is 224 g/mol. The van der Waals surface area contributed by atoms with Crippen LogP contribution in [0.3, 0.4) is 0 Å². The van der Waals surface area contributed by atoms with Gasteiger partial charge >= 0.3 is 5.97 Å². The summed E-state index contributed by atoms with van der Waals surface area (Å²) in [4.78, 5) is 23.4. The van der Waals surface area contributed by atoms with Gasteiger partial charge in [-0.2, -0.15) is 0 Å². The Hall–Kier alpha value is -1.42. The Labute approximate surface area is 92.1 Å². The van der Waals surface area contributed by atoms with Crippen molar-refractivity contribution in [1.82, 2.24) is 0 Å². The molecule has 0 spiro atoms. The van der Waals surface area contributed by atoms with Crippen molar-refractivity contribution < 1.29 is 14.7 Å². The van der Waals surface area contributed by atoms with E-state index in [9.17, 15) is 9.59 Å². The SMILES string of the molecule is C=CC(C)C(=O)C(C(=O)O)c1cccs1. The molecule has 0 saturated carbocycles. The van der Waals surface area contributed by atoms with E-state index in [4.69, 9.17) is 5.11 Å². The molecular weight excluding hydrogens is 212 g/mol. The van der Waals surface area contributed by atoms with Gasteiger partial charge in [0.05, 0.1) is 0 Å². The third-order valence-corrected chi connectivity index (χ3v) is 3.10. The van der Waals surface area contributed by atoms with E-state index in [1.807, 2.05) is 0 Å². The lowest BCUT2D eigenvalue weighted by Crippen LogP contribution is -2.25. The van der Waals surface area contributed by atoms with E-state index >= 15 is 0 Å². The molecule has 3 nitrogen and oxygen atoms in total. The highest BCUT2D eigenvalue weighted by molar-refractivity contribution is 7.10. The summed E-state index contributed by atoms with van der Waals surface area (Å²) in [6.45, 7) is 5.15. The molecule has 1 heterocycles. The van der Waals surface area contributed by atoms with Crippen molar-refractivity contribution >= 4 is 23.1 Å². The second kappa shape index (κ2) is 4.89. The average Bonchev–Trinajstić information content (AvgIpc) is 2.69. The summed E-state index contributed by atoms with van der Waals surface area (Å²) in [5.41, 5.74) is 0. The molecule has 4 heteroatoms.